The van der Waals surface area contributed by atoms with Gasteiger partial charge in [-0.1, -0.05) is 77.6 Å². The van der Waals surface area contributed by atoms with Crippen LogP contribution in [-0.4, -0.2) is 12.6 Å². The largest absolute Gasteiger partial charge is 0.465 e. The fourth-order valence-electron chi connectivity index (χ4n) is 3.14. The summed E-state index contributed by atoms with van der Waals surface area (Å²) in [7, 11) is 0. The molecule has 0 N–H and O–H groups in total. The monoisotopic (exact) mass is 295 g/mol. The Morgan fingerprint density at radius 3 is 1.95 bits per heavy atom. The van der Waals surface area contributed by atoms with Crippen molar-refractivity contribution in [2.75, 3.05) is 6.61 Å². The van der Waals surface area contributed by atoms with E-state index in [4.69, 9.17) is 4.74 Å². The summed E-state index contributed by atoms with van der Waals surface area (Å²) in [5, 5.41) is 0. The number of unbranched alkanes of at least 4 members (excludes halogenated alkanes) is 9. The van der Waals surface area contributed by atoms with Gasteiger partial charge < -0.3 is 4.74 Å². The van der Waals surface area contributed by atoms with Gasteiger partial charge in [0.05, 0.1) is 6.61 Å². The van der Waals surface area contributed by atoms with Crippen LogP contribution in [0.15, 0.2) is 0 Å². The van der Waals surface area contributed by atoms with Crippen LogP contribution in [0.4, 0.5) is 0 Å². The second kappa shape index (κ2) is 13.2. The number of ether oxygens (including phenoxy) is 1. The second-order valence-corrected chi connectivity index (χ2v) is 6.62. The molecule has 0 aliphatic heterocycles. The molecule has 0 bridgehead atoms. The van der Waals surface area contributed by atoms with Crippen molar-refractivity contribution < 1.29 is 9.53 Å². The van der Waals surface area contributed by atoms with Gasteiger partial charge in [-0.3, -0.25) is 4.79 Å². The molecule has 2 heteroatoms. The van der Waals surface area contributed by atoms with Gasteiger partial charge in [0.1, 0.15) is 0 Å². The minimum absolute atomic E-state index is 0.0232. The van der Waals surface area contributed by atoms with Crippen LogP contribution < -0.4 is 0 Å². The lowest BCUT2D eigenvalue weighted by molar-refractivity contribution is -0.145. The van der Waals surface area contributed by atoms with Crippen molar-refractivity contribution in [3.8, 4) is 0 Å². The minimum Gasteiger partial charge on any atom is -0.465 e. The average molecular weight is 295 g/mol. The molecule has 2 nitrogen and oxygen atoms in total. The summed E-state index contributed by atoms with van der Waals surface area (Å²) in [6, 6.07) is 0. The predicted molar refractivity (Wildman–Crippen MR) is 89.1 cm³/mol. The zero-order valence-electron chi connectivity index (χ0n) is 13.9. The lowest BCUT2D eigenvalue weighted by Crippen LogP contribution is -2.11. The van der Waals surface area contributed by atoms with Crippen LogP contribution in [0, 0.1) is 12.8 Å². The fraction of sp³-hybridized carbons (Fsp3) is 0.895. The number of hydrogen-bond acceptors (Lipinski definition) is 2. The SMILES string of the molecule is [CH2]CCCCCCCCCCCC(=O)OCC1CCCC1. The van der Waals surface area contributed by atoms with Gasteiger partial charge in [-0.15, -0.1) is 0 Å². The number of rotatable bonds is 13. The van der Waals surface area contributed by atoms with Crippen LogP contribution >= 0.6 is 0 Å². The molecule has 0 spiro atoms. The molecule has 0 aromatic heterocycles. The van der Waals surface area contributed by atoms with E-state index in [0.29, 0.717) is 18.9 Å². The van der Waals surface area contributed by atoms with E-state index in [0.717, 1.165) is 12.8 Å². The molecule has 1 aliphatic carbocycles. The standard InChI is InChI=1S/C19H35O2/c1-2-3-4-5-6-7-8-9-10-11-16-19(20)21-17-18-14-12-13-15-18/h18H,1-17H2. The Hall–Kier alpha value is -0.530. The predicted octanol–water partition coefficient (Wildman–Crippen LogP) is 5.84. The Morgan fingerprint density at radius 2 is 1.38 bits per heavy atom. The van der Waals surface area contributed by atoms with Crippen molar-refractivity contribution in [2.24, 2.45) is 5.92 Å². The van der Waals surface area contributed by atoms with Crippen LogP contribution in [0.25, 0.3) is 0 Å². The van der Waals surface area contributed by atoms with Crippen molar-refractivity contribution in [1.29, 1.82) is 0 Å². The van der Waals surface area contributed by atoms with Crippen molar-refractivity contribution in [3.63, 3.8) is 0 Å². The molecule has 0 amide bonds. The molecule has 0 aromatic carbocycles. The molecule has 0 unspecified atom stereocenters. The van der Waals surface area contributed by atoms with Gasteiger partial charge in [-0.25, -0.2) is 0 Å². The Morgan fingerprint density at radius 1 is 0.857 bits per heavy atom. The van der Waals surface area contributed by atoms with Crippen molar-refractivity contribution in [2.45, 2.75) is 96.3 Å². The fourth-order valence-corrected chi connectivity index (χ4v) is 3.14. The lowest BCUT2D eigenvalue weighted by Gasteiger charge is -2.09. The summed E-state index contributed by atoms with van der Waals surface area (Å²) >= 11 is 0. The van der Waals surface area contributed by atoms with Gasteiger partial charge in [0.25, 0.3) is 0 Å². The van der Waals surface area contributed by atoms with E-state index in [1.807, 2.05) is 0 Å². The highest BCUT2D eigenvalue weighted by Crippen LogP contribution is 2.24. The molecular formula is C19H35O2. The van der Waals surface area contributed by atoms with E-state index in [9.17, 15) is 4.79 Å². The van der Waals surface area contributed by atoms with E-state index in [1.165, 1.54) is 77.0 Å². The van der Waals surface area contributed by atoms with Gasteiger partial charge in [0, 0.05) is 6.42 Å². The minimum atomic E-state index is 0.0232. The maximum absolute atomic E-state index is 11.6. The first kappa shape index (κ1) is 18.5. The number of carbonyl (C=O) groups is 1. The van der Waals surface area contributed by atoms with E-state index in [-0.39, 0.29) is 5.97 Å². The molecule has 0 aromatic rings. The first-order valence-corrected chi connectivity index (χ1v) is 9.28. The molecule has 21 heavy (non-hydrogen) atoms. The zero-order valence-corrected chi connectivity index (χ0v) is 13.9. The molecule has 1 fully saturated rings. The van der Waals surface area contributed by atoms with E-state index in [1.54, 1.807) is 0 Å². The summed E-state index contributed by atoms with van der Waals surface area (Å²) in [6.45, 7) is 4.54. The molecule has 0 atom stereocenters. The lowest BCUT2D eigenvalue weighted by atomic mass is 10.1. The second-order valence-electron chi connectivity index (χ2n) is 6.62. The number of carbonyl (C=O) groups excluding carboxylic acids is 1. The molecule has 1 saturated carbocycles. The first-order valence-electron chi connectivity index (χ1n) is 9.28. The zero-order chi connectivity index (χ0) is 15.2. The molecule has 1 rings (SSSR count). The summed E-state index contributed by atoms with van der Waals surface area (Å²) in [5.41, 5.74) is 0. The number of esters is 1. The van der Waals surface area contributed by atoms with Crippen LogP contribution in [0.3, 0.4) is 0 Å². The number of hydrogen-bond donors (Lipinski definition) is 0. The molecular weight excluding hydrogens is 260 g/mol. The average Bonchev–Trinajstić information content (AvgIpc) is 3.00. The van der Waals surface area contributed by atoms with Crippen molar-refractivity contribution >= 4 is 5.97 Å². The molecule has 1 aliphatic rings. The summed E-state index contributed by atoms with van der Waals surface area (Å²) in [5.74, 6) is 0.674. The Kier molecular flexibility index (Phi) is 11.6. The maximum Gasteiger partial charge on any atom is 0.305 e. The highest BCUT2D eigenvalue weighted by molar-refractivity contribution is 5.69. The van der Waals surface area contributed by atoms with Crippen molar-refractivity contribution in [1.82, 2.24) is 0 Å². The Labute approximate surface area is 132 Å². The van der Waals surface area contributed by atoms with Gasteiger partial charge in [-0.2, -0.15) is 0 Å². The summed E-state index contributed by atoms with van der Waals surface area (Å²) in [4.78, 5) is 11.6. The van der Waals surface area contributed by atoms with Crippen molar-refractivity contribution in [3.05, 3.63) is 6.92 Å². The first-order chi connectivity index (χ1) is 10.3. The molecule has 1 radical (unpaired) electrons. The molecule has 0 saturated heterocycles. The van der Waals surface area contributed by atoms with Gasteiger partial charge >= 0.3 is 5.97 Å². The van der Waals surface area contributed by atoms with Crippen LogP contribution in [-0.2, 0) is 9.53 Å². The van der Waals surface area contributed by atoms with Gasteiger partial charge in [0.15, 0.2) is 0 Å². The van der Waals surface area contributed by atoms with Crippen LogP contribution in [0.1, 0.15) is 96.3 Å². The van der Waals surface area contributed by atoms with E-state index in [2.05, 4.69) is 6.92 Å². The maximum atomic E-state index is 11.6. The van der Waals surface area contributed by atoms with Gasteiger partial charge in [-0.05, 0) is 25.2 Å². The topological polar surface area (TPSA) is 26.3 Å². The Balaban J connectivity index is 1.77. The van der Waals surface area contributed by atoms with Gasteiger partial charge in [0.2, 0.25) is 0 Å². The van der Waals surface area contributed by atoms with E-state index >= 15 is 0 Å². The Bertz CT molecular complexity index is 244. The smallest absolute Gasteiger partial charge is 0.305 e. The summed E-state index contributed by atoms with van der Waals surface area (Å²) in [6.07, 6.45) is 18.3. The highest BCUT2D eigenvalue weighted by atomic mass is 16.5. The highest BCUT2D eigenvalue weighted by Gasteiger charge is 2.16. The third-order valence-electron chi connectivity index (χ3n) is 4.59. The third-order valence-corrected chi connectivity index (χ3v) is 4.59. The van der Waals surface area contributed by atoms with Crippen LogP contribution in [0.5, 0.6) is 0 Å². The van der Waals surface area contributed by atoms with E-state index < -0.39 is 0 Å². The normalized spacial score (nSPS) is 15.5. The molecule has 123 valence electrons. The van der Waals surface area contributed by atoms with Crippen LogP contribution in [0.2, 0.25) is 0 Å². The summed E-state index contributed by atoms with van der Waals surface area (Å²) < 4.78 is 5.36. The third kappa shape index (κ3) is 10.8. The quantitative estimate of drug-likeness (QED) is 0.315. The molecule has 0 heterocycles.